The summed E-state index contributed by atoms with van der Waals surface area (Å²) in [7, 11) is 0. The van der Waals surface area contributed by atoms with Crippen LogP contribution in [0.5, 0.6) is 5.75 Å². The molecular formula is C14H18BrClO. The molecule has 2 rings (SSSR count). The van der Waals surface area contributed by atoms with Gasteiger partial charge in [0.1, 0.15) is 5.75 Å². The molecule has 0 saturated heterocycles. The van der Waals surface area contributed by atoms with E-state index in [-0.39, 0.29) is 0 Å². The Morgan fingerprint density at radius 3 is 2.59 bits per heavy atom. The third-order valence-electron chi connectivity index (χ3n) is 3.41. The Hall–Kier alpha value is -0.210. The van der Waals surface area contributed by atoms with E-state index in [0.717, 1.165) is 21.7 Å². The van der Waals surface area contributed by atoms with Crippen LogP contribution in [0.2, 0.25) is 0 Å². The molecule has 0 N–H and O–H groups in total. The largest absolute Gasteiger partial charge is 0.489 e. The van der Waals surface area contributed by atoms with Crippen molar-refractivity contribution in [3.63, 3.8) is 0 Å². The van der Waals surface area contributed by atoms with Crippen molar-refractivity contribution in [1.29, 1.82) is 0 Å². The smallest absolute Gasteiger partial charge is 0.133 e. The minimum Gasteiger partial charge on any atom is -0.489 e. The molecule has 1 aromatic rings. The highest BCUT2D eigenvalue weighted by molar-refractivity contribution is 9.10. The first-order valence-electron chi connectivity index (χ1n) is 6.20. The molecule has 0 unspecified atom stereocenters. The fourth-order valence-electron chi connectivity index (χ4n) is 2.25. The van der Waals surface area contributed by atoms with E-state index < -0.39 is 0 Å². The molecule has 0 bridgehead atoms. The van der Waals surface area contributed by atoms with Gasteiger partial charge in [0.2, 0.25) is 0 Å². The average molecular weight is 318 g/mol. The van der Waals surface area contributed by atoms with Crippen molar-refractivity contribution in [2.24, 2.45) is 5.92 Å². The quantitative estimate of drug-likeness (QED) is 0.701. The minimum atomic E-state index is 0.379. The topological polar surface area (TPSA) is 9.23 Å². The molecule has 3 heteroatoms. The van der Waals surface area contributed by atoms with Crippen molar-refractivity contribution >= 4 is 27.5 Å². The van der Waals surface area contributed by atoms with E-state index in [2.05, 4.69) is 22.9 Å². The summed E-state index contributed by atoms with van der Waals surface area (Å²) in [6.07, 6.45) is 5.28. The molecule has 0 spiro atoms. The van der Waals surface area contributed by atoms with Crippen LogP contribution in [-0.4, -0.2) is 6.10 Å². The van der Waals surface area contributed by atoms with Gasteiger partial charge in [-0.1, -0.05) is 13.0 Å². The average Bonchev–Trinajstić information content (AvgIpc) is 2.34. The summed E-state index contributed by atoms with van der Waals surface area (Å²) in [6, 6.07) is 6.08. The lowest BCUT2D eigenvalue weighted by molar-refractivity contribution is 0.134. The Balaban J connectivity index is 1.99. The number of benzene rings is 1. The van der Waals surface area contributed by atoms with E-state index in [1.807, 2.05) is 18.2 Å². The summed E-state index contributed by atoms with van der Waals surface area (Å²) in [5, 5.41) is 0. The molecular weight excluding hydrogens is 300 g/mol. The fraction of sp³-hybridized carbons (Fsp3) is 0.571. The molecule has 0 aromatic heterocycles. The molecule has 1 aromatic carbocycles. The predicted molar refractivity (Wildman–Crippen MR) is 75.7 cm³/mol. The number of alkyl halides is 1. The second-order valence-corrected chi connectivity index (χ2v) is 6.02. The van der Waals surface area contributed by atoms with Crippen LogP contribution in [0.4, 0.5) is 0 Å². The van der Waals surface area contributed by atoms with Gasteiger partial charge in [0.15, 0.2) is 0 Å². The van der Waals surface area contributed by atoms with Crippen LogP contribution in [0.15, 0.2) is 22.7 Å². The monoisotopic (exact) mass is 316 g/mol. The van der Waals surface area contributed by atoms with E-state index in [9.17, 15) is 0 Å². The fourth-order valence-corrected chi connectivity index (χ4v) is 2.94. The van der Waals surface area contributed by atoms with Crippen LogP contribution in [0.1, 0.15) is 38.2 Å². The molecule has 1 fully saturated rings. The third-order valence-corrected chi connectivity index (χ3v) is 4.34. The Morgan fingerprint density at radius 1 is 1.29 bits per heavy atom. The standard InChI is InChI=1S/C14H18BrClO/c1-10-2-5-12(6-3-10)17-14-7-4-11(9-16)8-13(14)15/h4,7-8,10,12H,2-3,5-6,9H2,1H3. The van der Waals surface area contributed by atoms with Gasteiger partial charge in [-0.15, -0.1) is 11.6 Å². The maximum absolute atomic E-state index is 6.04. The first-order valence-corrected chi connectivity index (χ1v) is 7.53. The maximum Gasteiger partial charge on any atom is 0.133 e. The van der Waals surface area contributed by atoms with Crippen molar-refractivity contribution in [3.05, 3.63) is 28.2 Å². The van der Waals surface area contributed by atoms with Crippen molar-refractivity contribution in [2.45, 2.75) is 44.6 Å². The summed E-state index contributed by atoms with van der Waals surface area (Å²) in [6.45, 7) is 2.32. The Kier molecular flexibility index (Phi) is 4.75. The van der Waals surface area contributed by atoms with Crippen LogP contribution in [0.3, 0.4) is 0 Å². The summed E-state index contributed by atoms with van der Waals surface area (Å²) in [5.74, 6) is 2.34. The second-order valence-electron chi connectivity index (χ2n) is 4.90. The number of hydrogen-bond donors (Lipinski definition) is 0. The van der Waals surface area contributed by atoms with E-state index in [4.69, 9.17) is 16.3 Å². The number of hydrogen-bond acceptors (Lipinski definition) is 1. The summed E-state index contributed by atoms with van der Waals surface area (Å²) < 4.78 is 7.05. The van der Waals surface area contributed by atoms with E-state index >= 15 is 0 Å². The zero-order chi connectivity index (χ0) is 12.3. The number of rotatable bonds is 3. The van der Waals surface area contributed by atoms with Crippen molar-refractivity contribution in [3.8, 4) is 5.75 Å². The van der Waals surface area contributed by atoms with Gasteiger partial charge in [-0.25, -0.2) is 0 Å². The lowest BCUT2D eigenvalue weighted by atomic mass is 9.89. The van der Waals surface area contributed by atoms with Gasteiger partial charge in [-0.05, 0) is 65.2 Å². The van der Waals surface area contributed by atoms with Crippen LogP contribution in [0.25, 0.3) is 0 Å². The van der Waals surface area contributed by atoms with Gasteiger partial charge in [0, 0.05) is 5.88 Å². The van der Waals surface area contributed by atoms with E-state index in [1.54, 1.807) is 0 Å². The third kappa shape index (κ3) is 3.62. The van der Waals surface area contributed by atoms with Crippen LogP contribution < -0.4 is 4.74 Å². The zero-order valence-corrected chi connectivity index (χ0v) is 12.4. The van der Waals surface area contributed by atoms with Gasteiger partial charge in [-0.2, -0.15) is 0 Å². The molecule has 0 amide bonds. The lowest BCUT2D eigenvalue weighted by Crippen LogP contribution is -2.23. The molecule has 1 aliphatic carbocycles. The maximum atomic E-state index is 6.04. The summed E-state index contributed by atoms with van der Waals surface area (Å²) >= 11 is 9.34. The molecule has 0 heterocycles. The second kappa shape index (κ2) is 6.10. The molecule has 1 nitrogen and oxygen atoms in total. The zero-order valence-electron chi connectivity index (χ0n) is 10.1. The molecule has 1 aliphatic rings. The van der Waals surface area contributed by atoms with Crippen molar-refractivity contribution in [2.75, 3.05) is 0 Å². The van der Waals surface area contributed by atoms with Gasteiger partial charge in [-0.3, -0.25) is 0 Å². The van der Waals surface area contributed by atoms with Crippen LogP contribution >= 0.6 is 27.5 Å². The lowest BCUT2D eigenvalue weighted by Gasteiger charge is -2.27. The first-order chi connectivity index (χ1) is 8.19. The Labute approximate surface area is 117 Å². The highest BCUT2D eigenvalue weighted by Gasteiger charge is 2.20. The molecule has 94 valence electrons. The first kappa shape index (κ1) is 13.2. The normalized spacial score (nSPS) is 24.6. The molecule has 1 saturated carbocycles. The molecule has 17 heavy (non-hydrogen) atoms. The highest BCUT2D eigenvalue weighted by atomic mass is 79.9. The summed E-state index contributed by atoms with van der Waals surface area (Å²) in [5.41, 5.74) is 1.11. The van der Waals surface area contributed by atoms with Crippen LogP contribution in [0, 0.1) is 5.92 Å². The summed E-state index contributed by atoms with van der Waals surface area (Å²) in [4.78, 5) is 0. The Bertz CT molecular complexity index is 372. The molecule has 0 aliphatic heterocycles. The van der Waals surface area contributed by atoms with Crippen molar-refractivity contribution < 1.29 is 4.74 Å². The van der Waals surface area contributed by atoms with Gasteiger partial charge >= 0.3 is 0 Å². The SMILES string of the molecule is CC1CCC(Oc2ccc(CCl)cc2Br)CC1. The van der Waals surface area contributed by atoms with Gasteiger partial charge in [0.25, 0.3) is 0 Å². The number of halogens is 2. The van der Waals surface area contributed by atoms with Gasteiger partial charge < -0.3 is 4.74 Å². The molecule has 0 radical (unpaired) electrons. The van der Waals surface area contributed by atoms with Crippen LogP contribution in [-0.2, 0) is 5.88 Å². The number of ether oxygens (including phenoxy) is 1. The predicted octanol–water partition coefficient (Wildman–Crippen LogP) is 5.15. The molecule has 0 atom stereocenters. The van der Waals surface area contributed by atoms with E-state index in [1.165, 1.54) is 25.7 Å². The Morgan fingerprint density at radius 2 is 2.00 bits per heavy atom. The minimum absolute atomic E-state index is 0.379. The van der Waals surface area contributed by atoms with Gasteiger partial charge in [0.05, 0.1) is 10.6 Å². The van der Waals surface area contributed by atoms with E-state index in [0.29, 0.717) is 12.0 Å². The highest BCUT2D eigenvalue weighted by Crippen LogP contribution is 2.31. The van der Waals surface area contributed by atoms with Crippen molar-refractivity contribution in [1.82, 2.24) is 0 Å².